The van der Waals surface area contributed by atoms with E-state index in [4.69, 9.17) is 9.90 Å². The van der Waals surface area contributed by atoms with Crippen LogP contribution in [0.1, 0.15) is 30.4 Å². The molecule has 3 aromatic carbocycles. The van der Waals surface area contributed by atoms with E-state index in [0.29, 0.717) is 11.7 Å². The summed E-state index contributed by atoms with van der Waals surface area (Å²) in [6.07, 6.45) is 1.15. The molecule has 0 heterocycles. The van der Waals surface area contributed by atoms with Crippen molar-refractivity contribution in [3.05, 3.63) is 102 Å². The van der Waals surface area contributed by atoms with Gasteiger partial charge >= 0.3 is 0 Å². The van der Waals surface area contributed by atoms with Gasteiger partial charge in [-0.1, -0.05) is 85.8 Å². The van der Waals surface area contributed by atoms with Crippen molar-refractivity contribution in [2.75, 3.05) is 0 Å². The zero-order valence-corrected chi connectivity index (χ0v) is 14.0. The molecule has 2 heteroatoms. The van der Waals surface area contributed by atoms with Gasteiger partial charge in [0.25, 0.3) is 0 Å². The number of phenols is 1. The monoisotopic (exact) mass is 320 g/mol. The second kappa shape index (κ2) is 11.7. The van der Waals surface area contributed by atoms with Gasteiger partial charge in [-0.05, 0) is 29.7 Å². The normalized spacial score (nSPS) is 9.25. The van der Waals surface area contributed by atoms with Crippen LogP contribution in [0.3, 0.4) is 0 Å². The van der Waals surface area contributed by atoms with Crippen LogP contribution in [0, 0.1) is 0 Å². The van der Waals surface area contributed by atoms with E-state index in [0.717, 1.165) is 6.42 Å². The second-order valence-corrected chi connectivity index (χ2v) is 5.12. The number of aromatic hydroxyl groups is 1. The Hall–Kier alpha value is -2.87. The van der Waals surface area contributed by atoms with E-state index >= 15 is 0 Å². The van der Waals surface area contributed by atoms with Gasteiger partial charge in [0.05, 0.1) is 0 Å². The Morgan fingerprint density at radius 2 is 1.04 bits per heavy atom. The Morgan fingerprint density at radius 3 is 1.29 bits per heavy atom. The summed E-state index contributed by atoms with van der Waals surface area (Å²) in [6, 6.07) is 30.1. The van der Waals surface area contributed by atoms with Crippen LogP contribution < -0.4 is 0 Å². The predicted molar refractivity (Wildman–Crippen MR) is 100 cm³/mol. The fourth-order valence-electron chi connectivity index (χ4n) is 2.46. The standard InChI is InChI=1S/C15H16.C6H6O.CH2O/c1-2-15(13-9-5-3-6-10-13)14-11-7-4-8-12-14;7-6-4-2-1-3-5-6;1-2/h3-12,15H,2H2,1H3;1-5,7H;1H2. The maximum Gasteiger partial charge on any atom is 0.115 e. The number of rotatable bonds is 3. The maximum atomic E-state index is 8.63. The summed E-state index contributed by atoms with van der Waals surface area (Å²) in [7, 11) is 0. The molecule has 1 N–H and O–H groups in total. The van der Waals surface area contributed by atoms with Crippen LogP contribution >= 0.6 is 0 Å². The highest BCUT2D eigenvalue weighted by Crippen LogP contribution is 2.26. The first-order valence-corrected chi connectivity index (χ1v) is 7.94. The van der Waals surface area contributed by atoms with Gasteiger partial charge in [-0.3, -0.25) is 0 Å². The first kappa shape index (κ1) is 19.2. The fraction of sp³-hybridized carbons (Fsp3) is 0.136. The molecule has 2 nitrogen and oxygen atoms in total. The number of para-hydroxylation sites is 1. The first-order chi connectivity index (χ1) is 11.8. The molecular weight excluding hydrogens is 296 g/mol. The van der Waals surface area contributed by atoms with E-state index in [1.807, 2.05) is 12.9 Å². The third-order valence-electron chi connectivity index (χ3n) is 3.57. The van der Waals surface area contributed by atoms with Gasteiger partial charge in [-0.2, -0.15) is 0 Å². The van der Waals surface area contributed by atoms with Crippen molar-refractivity contribution in [2.45, 2.75) is 19.3 Å². The molecule has 3 aromatic rings. The minimum absolute atomic E-state index is 0.322. The summed E-state index contributed by atoms with van der Waals surface area (Å²) >= 11 is 0. The van der Waals surface area contributed by atoms with Crippen molar-refractivity contribution in [2.24, 2.45) is 0 Å². The summed E-state index contributed by atoms with van der Waals surface area (Å²) in [5.74, 6) is 0.856. The number of hydrogen-bond acceptors (Lipinski definition) is 2. The lowest BCUT2D eigenvalue weighted by Gasteiger charge is -2.15. The zero-order valence-electron chi connectivity index (χ0n) is 14.0. The Morgan fingerprint density at radius 1 is 0.708 bits per heavy atom. The summed E-state index contributed by atoms with van der Waals surface area (Å²) < 4.78 is 0. The van der Waals surface area contributed by atoms with Gasteiger partial charge in [0, 0.05) is 5.92 Å². The molecule has 124 valence electrons. The lowest BCUT2D eigenvalue weighted by molar-refractivity contribution is -0.0979. The Kier molecular flexibility index (Phi) is 9.32. The minimum atomic E-state index is 0.322. The van der Waals surface area contributed by atoms with Crippen LogP contribution in [0.4, 0.5) is 0 Å². The van der Waals surface area contributed by atoms with E-state index in [1.54, 1.807) is 24.3 Å². The SMILES string of the molecule is C=O.CCC(c1ccccc1)c1ccccc1.Oc1ccccc1. The molecule has 0 saturated carbocycles. The smallest absolute Gasteiger partial charge is 0.115 e. The predicted octanol–water partition coefficient (Wildman–Crippen LogP) is 5.44. The number of carbonyl (C=O) groups excluding carboxylic acids is 1. The summed E-state index contributed by atoms with van der Waals surface area (Å²) in [5.41, 5.74) is 2.82. The molecule has 0 spiro atoms. The van der Waals surface area contributed by atoms with E-state index in [2.05, 4.69) is 67.6 Å². The van der Waals surface area contributed by atoms with Gasteiger partial charge in [0.1, 0.15) is 12.5 Å². The third kappa shape index (κ3) is 6.49. The van der Waals surface area contributed by atoms with Crippen LogP contribution in [0.25, 0.3) is 0 Å². The third-order valence-corrected chi connectivity index (χ3v) is 3.57. The Bertz CT molecular complexity index is 612. The molecule has 0 atom stereocenters. The molecule has 0 unspecified atom stereocenters. The van der Waals surface area contributed by atoms with Crippen LogP contribution in [0.5, 0.6) is 5.75 Å². The van der Waals surface area contributed by atoms with E-state index in [9.17, 15) is 0 Å². The molecule has 0 bridgehead atoms. The van der Waals surface area contributed by atoms with Crippen molar-refractivity contribution < 1.29 is 9.90 Å². The van der Waals surface area contributed by atoms with Crippen molar-refractivity contribution in [1.82, 2.24) is 0 Å². The van der Waals surface area contributed by atoms with Crippen LogP contribution in [0.15, 0.2) is 91.0 Å². The van der Waals surface area contributed by atoms with Gasteiger partial charge in [-0.15, -0.1) is 0 Å². The van der Waals surface area contributed by atoms with Crippen molar-refractivity contribution >= 4 is 6.79 Å². The number of benzene rings is 3. The van der Waals surface area contributed by atoms with Crippen molar-refractivity contribution in [3.8, 4) is 5.75 Å². The molecule has 0 radical (unpaired) electrons. The lowest BCUT2D eigenvalue weighted by Crippen LogP contribution is -1.98. The van der Waals surface area contributed by atoms with Crippen molar-refractivity contribution in [1.29, 1.82) is 0 Å². The molecule has 3 rings (SSSR count). The Labute approximate surface area is 144 Å². The van der Waals surface area contributed by atoms with Gasteiger partial charge in [-0.25, -0.2) is 0 Å². The van der Waals surface area contributed by atoms with Gasteiger partial charge < -0.3 is 9.90 Å². The summed E-state index contributed by atoms with van der Waals surface area (Å²) in [6.45, 7) is 4.24. The minimum Gasteiger partial charge on any atom is -0.508 e. The molecule has 0 aliphatic heterocycles. The van der Waals surface area contributed by atoms with Crippen LogP contribution in [0.2, 0.25) is 0 Å². The number of carbonyl (C=O) groups is 1. The molecular formula is C22H24O2. The van der Waals surface area contributed by atoms with Gasteiger partial charge in [0.2, 0.25) is 0 Å². The second-order valence-electron chi connectivity index (χ2n) is 5.12. The van der Waals surface area contributed by atoms with Crippen LogP contribution in [-0.2, 0) is 4.79 Å². The summed E-state index contributed by atoms with van der Waals surface area (Å²) in [5, 5.41) is 8.63. The lowest BCUT2D eigenvalue weighted by atomic mass is 9.89. The quantitative estimate of drug-likeness (QED) is 0.698. The number of hydrogen-bond donors (Lipinski definition) is 1. The highest BCUT2D eigenvalue weighted by molar-refractivity contribution is 5.31. The Balaban J connectivity index is 0.000000268. The maximum absolute atomic E-state index is 8.63. The highest BCUT2D eigenvalue weighted by atomic mass is 16.3. The molecule has 0 amide bonds. The van der Waals surface area contributed by atoms with Gasteiger partial charge in [0.15, 0.2) is 0 Å². The summed E-state index contributed by atoms with van der Waals surface area (Å²) in [4.78, 5) is 8.00. The van der Waals surface area contributed by atoms with Crippen LogP contribution in [-0.4, -0.2) is 11.9 Å². The topological polar surface area (TPSA) is 37.3 Å². The highest BCUT2D eigenvalue weighted by Gasteiger charge is 2.10. The molecule has 0 aromatic heterocycles. The molecule has 24 heavy (non-hydrogen) atoms. The molecule has 0 saturated heterocycles. The fourth-order valence-corrected chi connectivity index (χ4v) is 2.46. The number of phenolic OH excluding ortho intramolecular Hbond substituents is 1. The molecule has 0 fully saturated rings. The van der Waals surface area contributed by atoms with E-state index in [1.165, 1.54) is 11.1 Å². The van der Waals surface area contributed by atoms with E-state index < -0.39 is 0 Å². The molecule has 0 aliphatic carbocycles. The average Bonchev–Trinajstić information content (AvgIpc) is 2.67. The zero-order chi connectivity index (χ0) is 17.6. The molecule has 0 aliphatic rings. The first-order valence-electron chi connectivity index (χ1n) is 7.94. The largest absolute Gasteiger partial charge is 0.508 e. The van der Waals surface area contributed by atoms with Crippen molar-refractivity contribution in [3.63, 3.8) is 0 Å². The van der Waals surface area contributed by atoms with E-state index in [-0.39, 0.29) is 0 Å². The average molecular weight is 320 g/mol.